The summed E-state index contributed by atoms with van der Waals surface area (Å²) in [6.07, 6.45) is 0.412. The number of amides is 1. The third-order valence-electron chi connectivity index (χ3n) is 2.68. The van der Waals surface area contributed by atoms with Crippen molar-refractivity contribution < 1.29 is 9.53 Å². The zero-order chi connectivity index (χ0) is 13.7. The Labute approximate surface area is 116 Å². The van der Waals surface area contributed by atoms with Gasteiger partial charge in [0.2, 0.25) is 5.91 Å². The Kier molecular flexibility index (Phi) is 5.62. The average Bonchev–Trinajstić information content (AvgIpc) is 2.31. The third-order valence-corrected chi connectivity index (χ3v) is 3.14. The number of methoxy groups -OCH3 is 1. The fraction of sp³-hybridized carbons (Fsp3) is 0.462. The monoisotopic (exact) mass is 314 g/mol. The minimum Gasteiger partial charge on any atom is -0.495 e. The SMILES string of the molecule is COc1cc(Br)cc(C)c1NC(=O)CC(C)CN. The highest BCUT2D eigenvalue weighted by Crippen LogP contribution is 2.32. The second-order valence-electron chi connectivity index (χ2n) is 4.39. The highest BCUT2D eigenvalue weighted by Gasteiger charge is 2.13. The number of aryl methyl sites for hydroxylation is 1. The predicted molar refractivity (Wildman–Crippen MR) is 76.9 cm³/mol. The number of hydrogen-bond acceptors (Lipinski definition) is 3. The molecular formula is C13H19BrN2O2. The quantitative estimate of drug-likeness (QED) is 0.878. The number of rotatable bonds is 5. The van der Waals surface area contributed by atoms with E-state index >= 15 is 0 Å². The van der Waals surface area contributed by atoms with Crippen molar-refractivity contribution in [1.29, 1.82) is 0 Å². The number of hydrogen-bond donors (Lipinski definition) is 2. The summed E-state index contributed by atoms with van der Waals surface area (Å²) in [7, 11) is 1.58. The van der Waals surface area contributed by atoms with Crippen molar-refractivity contribution in [3.05, 3.63) is 22.2 Å². The van der Waals surface area contributed by atoms with Gasteiger partial charge in [0.25, 0.3) is 0 Å². The number of halogens is 1. The lowest BCUT2D eigenvalue weighted by Gasteiger charge is -2.15. The summed E-state index contributed by atoms with van der Waals surface area (Å²) < 4.78 is 6.19. The first kappa shape index (κ1) is 15.0. The maximum Gasteiger partial charge on any atom is 0.224 e. The van der Waals surface area contributed by atoms with Crippen LogP contribution in [0.1, 0.15) is 18.9 Å². The standard InChI is InChI=1S/C13H19BrN2O2/c1-8(7-15)4-12(17)16-13-9(2)5-10(14)6-11(13)18-3/h5-6,8H,4,7,15H2,1-3H3,(H,16,17). The Bertz CT molecular complexity index is 435. The Morgan fingerprint density at radius 1 is 1.56 bits per heavy atom. The van der Waals surface area contributed by atoms with Crippen LogP contribution in [0.15, 0.2) is 16.6 Å². The topological polar surface area (TPSA) is 64.3 Å². The molecule has 0 saturated heterocycles. The lowest BCUT2D eigenvalue weighted by molar-refractivity contribution is -0.116. The van der Waals surface area contributed by atoms with Crippen molar-refractivity contribution in [2.75, 3.05) is 19.0 Å². The van der Waals surface area contributed by atoms with E-state index in [0.29, 0.717) is 18.7 Å². The van der Waals surface area contributed by atoms with Crippen LogP contribution in [-0.2, 0) is 4.79 Å². The van der Waals surface area contributed by atoms with Gasteiger partial charge in [-0.2, -0.15) is 0 Å². The van der Waals surface area contributed by atoms with Crippen LogP contribution < -0.4 is 15.8 Å². The van der Waals surface area contributed by atoms with Gasteiger partial charge in [-0.15, -0.1) is 0 Å². The molecule has 0 heterocycles. The van der Waals surface area contributed by atoms with E-state index in [2.05, 4.69) is 21.2 Å². The molecule has 1 amide bonds. The van der Waals surface area contributed by atoms with Crippen LogP contribution in [0, 0.1) is 12.8 Å². The minimum atomic E-state index is -0.0447. The number of anilines is 1. The summed E-state index contributed by atoms with van der Waals surface area (Å²) in [4.78, 5) is 11.9. The third kappa shape index (κ3) is 3.99. The van der Waals surface area contributed by atoms with Gasteiger partial charge in [-0.25, -0.2) is 0 Å². The normalized spacial score (nSPS) is 12.1. The first-order valence-electron chi connectivity index (χ1n) is 5.82. The largest absolute Gasteiger partial charge is 0.495 e. The molecule has 0 aliphatic heterocycles. The van der Waals surface area contributed by atoms with Gasteiger partial charge in [0.05, 0.1) is 12.8 Å². The Balaban J connectivity index is 2.87. The summed E-state index contributed by atoms with van der Waals surface area (Å²) in [5.41, 5.74) is 7.18. The predicted octanol–water partition coefficient (Wildman–Crippen LogP) is 2.69. The van der Waals surface area contributed by atoms with Crippen LogP contribution in [0.5, 0.6) is 5.75 Å². The number of carbonyl (C=O) groups is 1. The van der Waals surface area contributed by atoms with Crippen LogP contribution >= 0.6 is 15.9 Å². The molecule has 18 heavy (non-hydrogen) atoms. The zero-order valence-corrected chi connectivity index (χ0v) is 12.5. The lowest BCUT2D eigenvalue weighted by atomic mass is 10.1. The summed E-state index contributed by atoms with van der Waals surface area (Å²) in [5, 5.41) is 2.88. The second kappa shape index (κ2) is 6.75. The van der Waals surface area contributed by atoms with Crippen LogP contribution in [0.2, 0.25) is 0 Å². The summed E-state index contributed by atoms with van der Waals surface area (Å²) in [5.74, 6) is 0.777. The number of nitrogens with two attached hydrogens (primary N) is 1. The molecule has 100 valence electrons. The molecule has 1 aromatic rings. The first-order chi connectivity index (χ1) is 8.47. The molecule has 0 bridgehead atoms. The van der Waals surface area contributed by atoms with Gasteiger partial charge in [0.15, 0.2) is 0 Å². The van der Waals surface area contributed by atoms with E-state index < -0.39 is 0 Å². The molecular weight excluding hydrogens is 296 g/mol. The summed E-state index contributed by atoms with van der Waals surface area (Å²) in [6, 6.07) is 3.76. The van der Waals surface area contributed by atoms with E-state index in [1.807, 2.05) is 26.0 Å². The van der Waals surface area contributed by atoms with Crippen molar-refractivity contribution in [2.24, 2.45) is 11.7 Å². The van der Waals surface area contributed by atoms with Gasteiger partial charge in [0, 0.05) is 10.9 Å². The Morgan fingerprint density at radius 2 is 2.22 bits per heavy atom. The summed E-state index contributed by atoms with van der Waals surface area (Å²) in [6.45, 7) is 4.38. The minimum absolute atomic E-state index is 0.0447. The lowest BCUT2D eigenvalue weighted by Crippen LogP contribution is -2.20. The first-order valence-corrected chi connectivity index (χ1v) is 6.61. The summed E-state index contributed by atoms with van der Waals surface area (Å²) >= 11 is 3.40. The van der Waals surface area contributed by atoms with E-state index in [1.54, 1.807) is 7.11 Å². The van der Waals surface area contributed by atoms with Gasteiger partial charge in [-0.05, 0) is 37.1 Å². The maximum absolute atomic E-state index is 11.9. The molecule has 0 saturated carbocycles. The second-order valence-corrected chi connectivity index (χ2v) is 5.31. The fourth-order valence-electron chi connectivity index (χ4n) is 1.62. The van der Waals surface area contributed by atoms with Crippen LogP contribution in [0.25, 0.3) is 0 Å². The molecule has 3 N–H and O–H groups in total. The molecule has 0 aromatic heterocycles. The Hall–Kier alpha value is -1.07. The van der Waals surface area contributed by atoms with Crippen LogP contribution in [-0.4, -0.2) is 19.6 Å². The van der Waals surface area contributed by atoms with Crippen molar-refractivity contribution in [1.82, 2.24) is 0 Å². The molecule has 0 aliphatic rings. The van der Waals surface area contributed by atoms with Crippen molar-refractivity contribution in [3.8, 4) is 5.75 Å². The molecule has 1 atom stereocenters. The Morgan fingerprint density at radius 3 is 2.78 bits per heavy atom. The smallest absolute Gasteiger partial charge is 0.224 e. The van der Waals surface area contributed by atoms with E-state index in [0.717, 1.165) is 15.7 Å². The molecule has 0 fully saturated rings. The van der Waals surface area contributed by atoms with Crippen LogP contribution in [0.4, 0.5) is 5.69 Å². The van der Waals surface area contributed by atoms with Gasteiger partial charge in [0.1, 0.15) is 5.75 Å². The molecule has 4 nitrogen and oxygen atoms in total. The van der Waals surface area contributed by atoms with Crippen molar-refractivity contribution in [3.63, 3.8) is 0 Å². The van der Waals surface area contributed by atoms with Crippen molar-refractivity contribution in [2.45, 2.75) is 20.3 Å². The highest BCUT2D eigenvalue weighted by molar-refractivity contribution is 9.10. The molecule has 0 aliphatic carbocycles. The molecule has 0 radical (unpaired) electrons. The van der Waals surface area contributed by atoms with E-state index in [1.165, 1.54) is 0 Å². The molecule has 0 spiro atoms. The number of ether oxygens (including phenoxy) is 1. The van der Waals surface area contributed by atoms with Gasteiger partial charge in [-0.1, -0.05) is 22.9 Å². The molecule has 5 heteroatoms. The van der Waals surface area contributed by atoms with E-state index in [4.69, 9.17) is 10.5 Å². The average molecular weight is 315 g/mol. The van der Waals surface area contributed by atoms with Gasteiger partial charge < -0.3 is 15.8 Å². The molecule has 1 rings (SSSR count). The number of nitrogens with one attached hydrogen (secondary N) is 1. The molecule has 1 unspecified atom stereocenters. The number of carbonyl (C=O) groups excluding carboxylic acids is 1. The maximum atomic E-state index is 11.9. The van der Waals surface area contributed by atoms with Gasteiger partial charge >= 0.3 is 0 Å². The van der Waals surface area contributed by atoms with Gasteiger partial charge in [-0.3, -0.25) is 4.79 Å². The fourth-order valence-corrected chi connectivity index (χ4v) is 2.18. The van der Waals surface area contributed by atoms with E-state index in [9.17, 15) is 4.79 Å². The van der Waals surface area contributed by atoms with E-state index in [-0.39, 0.29) is 11.8 Å². The number of benzene rings is 1. The highest BCUT2D eigenvalue weighted by atomic mass is 79.9. The van der Waals surface area contributed by atoms with Crippen molar-refractivity contribution >= 4 is 27.5 Å². The zero-order valence-electron chi connectivity index (χ0n) is 10.9. The van der Waals surface area contributed by atoms with Crippen LogP contribution in [0.3, 0.4) is 0 Å². The molecule has 1 aromatic carbocycles.